The molecule has 6 heteroatoms. The molecule has 0 atom stereocenters. The number of morpholine rings is 1. The summed E-state index contributed by atoms with van der Waals surface area (Å²) in [6.45, 7) is 7.85. The van der Waals surface area contributed by atoms with Crippen molar-refractivity contribution in [3.8, 4) is 5.75 Å². The third-order valence-corrected chi connectivity index (χ3v) is 4.45. The first-order valence-corrected chi connectivity index (χ1v) is 8.99. The van der Waals surface area contributed by atoms with Gasteiger partial charge in [-0.05, 0) is 50.1 Å². The summed E-state index contributed by atoms with van der Waals surface area (Å²) in [5.41, 5.74) is 0.993. The molecule has 0 spiro atoms. The first-order valence-electron chi connectivity index (χ1n) is 8.61. The van der Waals surface area contributed by atoms with Crippen molar-refractivity contribution in [2.24, 2.45) is 0 Å². The zero-order chi connectivity index (χ0) is 17.2. The molecule has 0 radical (unpaired) electrons. The van der Waals surface area contributed by atoms with Gasteiger partial charge in [-0.25, -0.2) is 0 Å². The highest BCUT2D eigenvalue weighted by Crippen LogP contribution is 2.21. The molecular weight excluding hydrogens is 328 g/mol. The molecule has 2 rings (SSSR count). The molecule has 0 bridgehead atoms. The molecule has 5 nitrogen and oxygen atoms in total. The molecule has 0 aliphatic carbocycles. The van der Waals surface area contributed by atoms with Gasteiger partial charge in [0.1, 0.15) is 5.75 Å². The number of nitrogens with one attached hydrogen (secondary N) is 1. The number of carbonyl (C=O) groups is 1. The summed E-state index contributed by atoms with van der Waals surface area (Å²) in [6, 6.07) is 5.59. The standard InChI is InChI=1S/C18H27ClN2O3/c1-15-14-16(5-6-17(15)19)24-11-2-4-18(22)20-7-3-8-21-9-12-23-13-10-21/h5-6,14H,2-4,7-13H2,1H3,(H,20,22). The Hall–Kier alpha value is -1.30. The number of rotatable bonds is 9. The molecule has 1 aliphatic heterocycles. The van der Waals surface area contributed by atoms with Crippen LogP contribution in [0, 0.1) is 6.92 Å². The van der Waals surface area contributed by atoms with E-state index in [2.05, 4.69) is 10.2 Å². The van der Waals surface area contributed by atoms with Gasteiger partial charge in [0.05, 0.1) is 19.8 Å². The number of hydrogen-bond acceptors (Lipinski definition) is 4. The highest BCUT2D eigenvalue weighted by atomic mass is 35.5. The molecule has 24 heavy (non-hydrogen) atoms. The van der Waals surface area contributed by atoms with Crippen LogP contribution in [-0.2, 0) is 9.53 Å². The van der Waals surface area contributed by atoms with Gasteiger partial charge in [-0.2, -0.15) is 0 Å². The van der Waals surface area contributed by atoms with E-state index in [1.54, 1.807) is 0 Å². The van der Waals surface area contributed by atoms with Crippen LogP contribution in [0.25, 0.3) is 0 Å². The molecule has 1 heterocycles. The minimum atomic E-state index is 0.0906. The van der Waals surface area contributed by atoms with Crippen molar-refractivity contribution in [2.45, 2.75) is 26.2 Å². The average molecular weight is 355 g/mol. The van der Waals surface area contributed by atoms with E-state index < -0.39 is 0 Å². The summed E-state index contributed by atoms with van der Waals surface area (Å²) in [4.78, 5) is 14.2. The number of hydrogen-bond donors (Lipinski definition) is 1. The molecule has 1 amide bonds. The van der Waals surface area contributed by atoms with Crippen molar-refractivity contribution in [1.29, 1.82) is 0 Å². The Morgan fingerprint density at radius 3 is 2.88 bits per heavy atom. The van der Waals surface area contributed by atoms with Crippen LogP contribution in [0.3, 0.4) is 0 Å². The van der Waals surface area contributed by atoms with Crippen LogP contribution in [0.2, 0.25) is 5.02 Å². The first-order chi connectivity index (χ1) is 11.6. The molecule has 0 aromatic heterocycles. The fourth-order valence-corrected chi connectivity index (χ4v) is 2.69. The van der Waals surface area contributed by atoms with E-state index in [1.165, 1.54) is 0 Å². The van der Waals surface area contributed by atoms with Gasteiger partial charge in [0, 0.05) is 31.1 Å². The van der Waals surface area contributed by atoms with Crippen molar-refractivity contribution >= 4 is 17.5 Å². The molecule has 0 saturated carbocycles. The Kier molecular flexibility index (Phi) is 8.36. The average Bonchev–Trinajstić information content (AvgIpc) is 2.59. The number of nitrogens with zero attached hydrogens (tertiary/aromatic N) is 1. The van der Waals surface area contributed by atoms with Crippen LogP contribution in [0.5, 0.6) is 5.75 Å². The summed E-state index contributed by atoms with van der Waals surface area (Å²) in [6.07, 6.45) is 2.17. The van der Waals surface area contributed by atoms with Crippen LogP contribution in [0.15, 0.2) is 18.2 Å². The topological polar surface area (TPSA) is 50.8 Å². The van der Waals surface area contributed by atoms with E-state index in [0.717, 1.165) is 62.1 Å². The molecule has 0 unspecified atom stereocenters. The second-order valence-corrected chi connectivity index (χ2v) is 6.43. The Morgan fingerprint density at radius 1 is 1.33 bits per heavy atom. The molecule has 1 fully saturated rings. The largest absolute Gasteiger partial charge is 0.494 e. The molecule has 1 N–H and O–H groups in total. The SMILES string of the molecule is Cc1cc(OCCCC(=O)NCCCN2CCOCC2)ccc1Cl. The molecule has 1 aromatic rings. The van der Waals surface area contributed by atoms with Crippen LogP contribution in [0.4, 0.5) is 0 Å². The monoisotopic (exact) mass is 354 g/mol. The summed E-state index contributed by atoms with van der Waals surface area (Å²) < 4.78 is 11.0. The van der Waals surface area contributed by atoms with Crippen molar-refractivity contribution in [3.63, 3.8) is 0 Å². The fourth-order valence-electron chi connectivity index (χ4n) is 2.57. The van der Waals surface area contributed by atoms with Crippen molar-refractivity contribution in [3.05, 3.63) is 28.8 Å². The zero-order valence-corrected chi connectivity index (χ0v) is 15.1. The van der Waals surface area contributed by atoms with E-state index in [0.29, 0.717) is 19.4 Å². The molecule has 1 saturated heterocycles. The lowest BCUT2D eigenvalue weighted by molar-refractivity contribution is -0.121. The van der Waals surface area contributed by atoms with Gasteiger partial charge in [-0.1, -0.05) is 11.6 Å². The number of aryl methyl sites for hydroxylation is 1. The predicted molar refractivity (Wildman–Crippen MR) is 95.8 cm³/mol. The predicted octanol–water partition coefficient (Wildman–Crippen LogP) is 2.65. The Balaban J connectivity index is 1.49. The smallest absolute Gasteiger partial charge is 0.220 e. The molecular formula is C18H27ClN2O3. The van der Waals surface area contributed by atoms with E-state index in [4.69, 9.17) is 21.1 Å². The highest BCUT2D eigenvalue weighted by molar-refractivity contribution is 6.31. The summed E-state index contributed by atoms with van der Waals surface area (Å²) in [5, 5.41) is 3.70. The van der Waals surface area contributed by atoms with Gasteiger partial charge in [-0.3, -0.25) is 9.69 Å². The lowest BCUT2D eigenvalue weighted by atomic mass is 10.2. The van der Waals surface area contributed by atoms with Crippen molar-refractivity contribution < 1.29 is 14.3 Å². The lowest BCUT2D eigenvalue weighted by Gasteiger charge is -2.26. The van der Waals surface area contributed by atoms with Crippen LogP contribution in [-0.4, -0.2) is 56.8 Å². The minimum Gasteiger partial charge on any atom is -0.494 e. The Morgan fingerprint density at radius 2 is 2.12 bits per heavy atom. The van der Waals surface area contributed by atoms with Crippen molar-refractivity contribution in [2.75, 3.05) is 46.0 Å². The minimum absolute atomic E-state index is 0.0906. The Bertz CT molecular complexity index is 519. The maximum atomic E-state index is 11.8. The Labute approximate surface area is 149 Å². The van der Waals surface area contributed by atoms with Crippen LogP contribution in [0.1, 0.15) is 24.8 Å². The van der Waals surface area contributed by atoms with Gasteiger partial charge in [-0.15, -0.1) is 0 Å². The third kappa shape index (κ3) is 7.07. The summed E-state index contributed by atoms with van der Waals surface area (Å²) >= 11 is 5.98. The van der Waals surface area contributed by atoms with Gasteiger partial charge >= 0.3 is 0 Å². The van der Waals surface area contributed by atoms with Crippen LogP contribution < -0.4 is 10.1 Å². The van der Waals surface area contributed by atoms with Gasteiger partial charge < -0.3 is 14.8 Å². The third-order valence-electron chi connectivity index (χ3n) is 4.02. The molecule has 134 valence electrons. The number of ether oxygens (including phenoxy) is 2. The lowest BCUT2D eigenvalue weighted by Crippen LogP contribution is -2.38. The number of benzene rings is 1. The first kappa shape index (κ1) is 19.0. The van der Waals surface area contributed by atoms with Gasteiger partial charge in [0.15, 0.2) is 0 Å². The highest BCUT2D eigenvalue weighted by Gasteiger charge is 2.09. The van der Waals surface area contributed by atoms with E-state index in [-0.39, 0.29) is 5.91 Å². The maximum Gasteiger partial charge on any atom is 0.220 e. The quantitative estimate of drug-likeness (QED) is 0.693. The van der Waals surface area contributed by atoms with Crippen LogP contribution >= 0.6 is 11.6 Å². The second kappa shape index (κ2) is 10.5. The van der Waals surface area contributed by atoms with E-state index in [1.807, 2.05) is 25.1 Å². The number of amides is 1. The molecule has 1 aliphatic rings. The van der Waals surface area contributed by atoms with E-state index in [9.17, 15) is 4.79 Å². The normalized spacial score (nSPS) is 15.2. The van der Waals surface area contributed by atoms with Gasteiger partial charge in [0.25, 0.3) is 0 Å². The maximum absolute atomic E-state index is 11.8. The number of carbonyl (C=O) groups excluding carboxylic acids is 1. The fraction of sp³-hybridized carbons (Fsp3) is 0.611. The van der Waals surface area contributed by atoms with Crippen molar-refractivity contribution in [1.82, 2.24) is 10.2 Å². The molecule has 1 aromatic carbocycles. The zero-order valence-electron chi connectivity index (χ0n) is 14.4. The van der Waals surface area contributed by atoms with E-state index >= 15 is 0 Å². The second-order valence-electron chi connectivity index (χ2n) is 6.02. The van der Waals surface area contributed by atoms with Gasteiger partial charge in [0.2, 0.25) is 5.91 Å². The summed E-state index contributed by atoms with van der Waals surface area (Å²) in [5.74, 6) is 0.885. The summed E-state index contributed by atoms with van der Waals surface area (Å²) in [7, 11) is 0. The number of halogens is 1.